The third-order valence-corrected chi connectivity index (χ3v) is 4.33. The third-order valence-electron chi connectivity index (χ3n) is 2.94. The molecule has 1 saturated heterocycles. The highest BCUT2D eigenvalue weighted by Gasteiger charge is 2.14. The lowest BCUT2D eigenvalue weighted by Crippen LogP contribution is -2.22. The summed E-state index contributed by atoms with van der Waals surface area (Å²) in [5.74, 6) is 0.932. The number of nitrogens with two attached hydrogens (primary N) is 1. The maximum absolute atomic E-state index is 11.0. The summed E-state index contributed by atoms with van der Waals surface area (Å²) in [7, 11) is 0. The van der Waals surface area contributed by atoms with Crippen molar-refractivity contribution < 1.29 is 4.79 Å². The minimum atomic E-state index is -0.363. The predicted molar refractivity (Wildman–Crippen MR) is 72.1 cm³/mol. The summed E-state index contributed by atoms with van der Waals surface area (Å²) in [6, 6.07) is 7.50. The van der Waals surface area contributed by atoms with Crippen LogP contribution in [0.2, 0.25) is 0 Å². The van der Waals surface area contributed by atoms with Crippen LogP contribution in [0.1, 0.15) is 28.8 Å². The van der Waals surface area contributed by atoms with Gasteiger partial charge in [-0.25, -0.2) is 0 Å². The second kappa shape index (κ2) is 6.07. The minimum absolute atomic E-state index is 0.363. The van der Waals surface area contributed by atoms with Crippen molar-refractivity contribution in [1.82, 2.24) is 5.32 Å². The Kier molecular flexibility index (Phi) is 4.45. The normalized spacial score (nSPS) is 19.4. The number of primary amides is 1. The van der Waals surface area contributed by atoms with Gasteiger partial charge in [0.05, 0.1) is 0 Å². The zero-order valence-corrected chi connectivity index (χ0v) is 10.6. The van der Waals surface area contributed by atoms with Gasteiger partial charge in [0.25, 0.3) is 0 Å². The van der Waals surface area contributed by atoms with Crippen LogP contribution in [0.4, 0.5) is 0 Å². The van der Waals surface area contributed by atoms with Crippen molar-refractivity contribution in [2.24, 2.45) is 5.73 Å². The summed E-state index contributed by atoms with van der Waals surface area (Å²) in [5.41, 5.74) is 6.95. The number of hydrogen-bond donors (Lipinski definition) is 2. The smallest absolute Gasteiger partial charge is 0.248 e. The molecule has 92 valence electrons. The summed E-state index contributed by atoms with van der Waals surface area (Å²) >= 11 is 2.05. The van der Waals surface area contributed by atoms with Gasteiger partial charge in [-0.3, -0.25) is 4.79 Å². The molecule has 2 rings (SSSR count). The number of amides is 1. The van der Waals surface area contributed by atoms with Crippen LogP contribution in [0, 0.1) is 0 Å². The fraction of sp³-hybridized carbons (Fsp3) is 0.462. The van der Waals surface area contributed by atoms with Crippen LogP contribution >= 0.6 is 11.8 Å². The van der Waals surface area contributed by atoms with Gasteiger partial charge in [0.1, 0.15) is 0 Å². The Bertz CT molecular complexity index is 389. The van der Waals surface area contributed by atoms with Crippen molar-refractivity contribution in [1.29, 1.82) is 0 Å². The molecular formula is C13H18N2OS. The monoisotopic (exact) mass is 250 g/mol. The summed E-state index contributed by atoms with van der Waals surface area (Å²) in [6.45, 7) is 1.85. The average molecular weight is 250 g/mol. The van der Waals surface area contributed by atoms with E-state index in [-0.39, 0.29) is 5.91 Å². The molecule has 1 unspecified atom stereocenters. The second-order valence-corrected chi connectivity index (χ2v) is 5.74. The molecule has 1 aliphatic rings. The van der Waals surface area contributed by atoms with Gasteiger partial charge in [0, 0.05) is 23.9 Å². The van der Waals surface area contributed by atoms with Gasteiger partial charge >= 0.3 is 0 Å². The predicted octanol–water partition coefficient (Wildman–Crippen LogP) is 1.77. The first-order valence-corrected chi connectivity index (χ1v) is 7.01. The molecule has 1 atom stereocenters. The number of benzene rings is 1. The maximum Gasteiger partial charge on any atom is 0.248 e. The molecule has 1 amide bonds. The van der Waals surface area contributed by atoms with E-state index >= 15 is 0 Å². The fourth-order valence-corrected chi connectivity index (χ4v) is 3.25. The molecule has 0 saturated carbocycles. The quantitative estimate of drug-likeness (QED) is 0.837. The van der Waals surface area contributed by atoms with E-state index in [0.717, 1.165) is 23.9 Å². The topological polar surface area (TPSA) is 55.1 Å². The van der Waals surface area contributed by atoms with Crippen LogP contribution in [0.5, 0.6) is 0 Å². The highest BCUT2D eigenvalue weighted by atomic mass is 32.2. The van der Waals surface area contributed by atoms with Crippen molar-refractivity contribution in [3.63, 3.8) is 0 Å². The van der Waals surface area contributed by atoms with Crippen LogP contribution in [0.3, 0.4) is 0 Å². The van der Waals surface area contributed by atoms with Gasteiger partial charge < -0.3 is 11.1 Å². The number of nitrogens with one attached hydrogen (secondary N) is 1. The number of thioether (sulfide) groups is 1. The zero-order valence-electron chi connectivity index (χ0n) is 9.82. The first-order valence-electron chi connectivity index (χ1n) is 5.97. The lowest BCUT2D eigenvalue weighted by Gasteiger charge is -2.10. The highest BCUT2D eigenvalue weighted by molar-refractivity contribution is 8.00. The molecule has 1 aliphatic heterocycles. The molecule has 0 aliphatic carbocycles. The van der Waals surface area contributed by atoms with Crippen molar-refractivity contribution in [2.75, 3.05) is 12.3 Å². The number of carbonyl (C=O) groups excluding carboxylic acids is 1. The molecule has 1 aromatic carbocycles. The Morgan fingerprint density at radius 1 is 1.53 bits per heavy atom. The van der Waals surface area contributed by atoms with Crippen LogP contribution in [0.15, 0.2) is 24.3 Å². The molecule has 1 fully saturated rings. The fourth-order valence-electron chi connectivity index (χ4n) is 2.02. The third kappa shape index (κ3) is 3.75. The van der Waals surface area contributed by atoms with Gasteiger partial charge in [0.15, 0.2) is 0 Å². The maximum atomic E-state index is 11.0. The van der Waals surface area contributed by atoms with Gasteiger partial charge in [-0.15, -0.1) is 0 Å². The van der Waals surface area contributed by atoms with Crippen LogP contribution in [-0.2, 0) is 6.54 Å². The Morgan fingerprint density at radius 3 is 3.12 bits per heavy atom. The molecule has 4 heteroatoms. The molecule has 3 N–H and O–H groups in total. The first-order chi connectivity index (χ1) is 8.25. The van der Waals surface area contributed by atoms with Crippen molar-refractivity contribution >= 4 is 17.7 Å². The first kappa shape index (κ1) is 12.5. The van der Waals surface area contributed by atoms with Gasteiger partial charge in [0.2, 0.25) is 5.91 Å². The van der Waals surface area contributed by atoms with E-state index in [1.165, 1.54) is 18.6 Å². The molecule has 0 bridgehead atoms. The van der Waals surface area contributed by atoms with E-state index in [1.54, 1.807) is 6.07 Å². The summed E-state index contributed by atoms with van der Waals surface area (Å²) in [4.78, 5) is 11.0. The largest absolute Gasteiger partial charge is 0.366 e. The Balaban J connectivity index is 1.81. The van der Waals surface area contributed by atoms with Crippen molar-refractivity contribution in [3.8, 4) is 0 Å². The van der Waals surface area contributed by atoms with E-state index in [1.807, 2.05) is 30.0 Å². The van der Waals surface area contributed by atoms with Crippen LogP contribution < -0.4 is 11.1 Å². The number of carbonyl (C=O) groups is 1. The SMILES string of the molecule is NC(=O)c1cccc(CNCC2CCCS2)c1. The molecule has 1 heterocycles. The number of hydrogen-bond acceptors (Lipinski definition) is 3. The Labute approximate surface area is 106 Å². The van der Waals surface area contributed by atoms with Crippen molar-refractivity contribution in [3.05, 3.63) is 35.4 Å². The molecule has 3 nitrogen and oxygen atoms in total. The Hall–Kier alpha value is -1.00. The molecular weight excluding hydrogens is 232 g/mol. The van der Waals surface area contributed by atoms with E-state index in [9.17, 15) is 4.79 Å². The van der Waals surface area contributed by atoms with E-state index < -0.39 is 0 Å². The van der Waals surface area contributed by atoms with Gasteiger partial charge in [-0.2, -0.15) is 11.8 Å². The zero-order chi connectivity index (χ0) is 12.1. The molecule has 0 aromatic heterocycles. The van der Waals surface area contributed by atoms with Gasteiger partial charge in [-0.05, 0) is 36.3 Å². The van der Waals surface area contributed by atoms with Crippen LogP contribution in [0.25, 0.3) is 0 Å². The van der Waals surface area contributed by atoms with E-state index in [4.69, 9.17) is 5.73 Å². The summed E-state index contributed by atoms with van der Waals surface area (Å²) in [6.07, 6.45) is 2.66. The van der Waals surface area contributed by atoms with Crippen molar-refractivity contribution in [2.45, 2.75) is 24.6 Å². The van der Waals surface area contributed by atoms with Crippen LogP contribution in [-0.4, -0.2) is 23.5 Å². The standard InChI is InChI=1S/C13H18N2OS/c14-13(16)11-4-1-3-10(7-11)8-15-9-12-5-2-6-17-12/h1,3-4,7,12,15H,2,5-6,8-9H2,(H2,14,16). The summed E-state index contributed by atoms with van der Waals surface area (Å²) in [5, 5.41) is 4.20. The lowest BCUT2D eigenvalue weighted by molar-refractivity contribution is 0.1000. The lowest BCUT2D eigenvalue weighted by atomic mass is 10.1. The average Bonchev–Trinajstić information content (AvgIpc) is 2.82. The second-order valence-electron chi connectivity index (χ2n) is 4.33. The van der Waals surface area contributed by atoms with E-state index in [2.05, 4.69) is 5.32 Å². The van der Waals surface area contributed by atoms with Gasteiger partial charge in [-0.1, -0.05) is 12.1 Å². The van der Waals surface area contributed by atoms with E-state index in [0.29, 0.717) is 5.56 Å². The molecule has 0 spiro atoms. The Morgan fingerprint density at radius 2 is 2.41 bits per heavy atom. The highest BCUT2D eigenvalue weighted by Crippen LogP contribution is 2.25. The molecule has 1 aromatic rings. The summed E-state index contributed by atoms with van der Waals surface area (Å²) < 4.78 is 0. The minimum Gasteiger partial charge on any atom is -0.366 e. The molecule has 17 heavy (non-hydrogen) atoms. The molecule has 0 radical (unpaired) electrons. The number of rotatable bonds is 5.